The van der Waals surface area contributed by atoms with E-state index in [0.717, 1.165) is 18.4 Å². The summed E-state index contributed by atoms with van der Waals surface area (Å²) < 4.78 is 5.16. The number of hydrogen-bond donors (Lipinski definition) is 2. The van der Waals surface area contributed by atoms with E-state index < -0.39 is 12.0 Å². The van der Waals surface area contributed by atoms with E-state index in [9.17, 15) is 14.4 Å². The lowest BCUT2D eigenvalue weighted by atomic mass is 9.89. The number of hydrogen-bond acceptors (Lipinski definition) is 4. The van der Waals surface area contributed by atoms with Crippen molar-refractivity contribution in [3.8, 4) is 0 Å². The molecule has 0 aliphatic heterocycles. The van der Waals surface area contributed by atoms with Gasteiger partial charge in [-0.05, 0) is 43.7 Å². The Bertz CT molecular complexity index is 664. The van der Waals surface area contributed by atoms with Crippen LogP contribution in [0.25, 0.3) is 0 Å². The molecule has 0 unspecified atom stereocenters. The smallest absolute Gasteiger partial charge is 0.329 e. The number of ether oxygens (including phenoxy) is 1. The van der Waals surface area contributed by atoms with E-state index in [2.05, 4.69) is 10.6 Å². The Hall–Kier alpha value is -2.37. The van der Waals surface area contributed by atoms with Gasteiger partial charge in [0.05, 0.1) is 0 Å². The SMILES string of the molecule is Cc1ccc(C(=O)N[C@H](C(=O)OCC(=O)NCC2CCCCC2)C(C)C)cc1. The van der Waals surface area contributed by atoms with Gasteiger partial charge in [0.25, 0.3) is 11.8 Å². The Balaban J connectivity index is 1.80. The van der Waals surface area contributed by atoms with E-state index in [4.69, 9.17) is 4.74 Å². The number of carbonyl (C=O) groups excluding carboxylic acids is 3. The van der Waals surface area contributed by atoms with Crippen molar-refractivity contribution >= 4 is 17.8 Å². The van der Waals surface area contributed by atoms with E-state index in [1.54, 1.807) is 12.1 Å². The molecule has 28 heavy (non-hydrogen) atoms. The third-order valence-corrected chi connectivity index (χ3v) is 5.18. The van der Waals surface area contributed by atoms with Crippen molar-refractivity contribution < 1.29 is 19.1 Å². The summed E-state index contributed by atoms with van der Waals surface area (Å²) in [6, 6.07) is 6.31. The lowest BCUT2D eigenvalue weighted by Gasteiger charge is -2.22. The molecule has 1 aromatic carbocycles. The van der Waals surface area contributed by atoms with Crippen LogP contribution in [0.3, 0.4) is 0 Å². The van der Waals surface area contributed by atoms with Crippen LogP contribution in [0, 0.1) is 18.8 Å². The van der Waals surface area contributed by atoms with Crippen LogP contribution < -0.4 is 10.6 Å². The lowest BCUT2D eigenvalue weighted by molar-refractivity contribution is -0.151. The van der Waals surface area contributed by atoms with Gasteiger partial charge in [0.15, 0.2) is 6.61 Å². The van der Waals surface area contributed by atoms with Gasteiger partial charge in [0, 0.05) is 12.1 Å². The molecule has 2 rings (SSSR count). The second kappa shape index (κ2) is 10.8. The molecule has 1 aromatic rings. The van der Waals surface area contributed by atoms with E-state index in [1.165, 1.54) is 19.3 Å². The van der Waals surface area contributed by atoms with Crippen molar-refractivity contribution in [2.75, 3.05) is 13.2 Å². The van der Waals surface area contributed by atoms with E-state index in [1.807, 2.05) is 32.9 Å². The molecule has 1 fully saturated rings. The van der Waals surface area contributed by atoms with Gasteiger partial charge in [0.1, 0.15) is 6.04 Å². The summed E-state index contributed by atoms with van der Waals surface area (Å²) in [4.78, 5) is 36.8. The lowest BCUT2D eigenvalue weighted by Crippen LogP contribution is -2.46. The fourth-order valence-electron chi connectivity index (χ4n) is 3.35. The summed E-state index contributed by atoms with van der Waals surface area (Å²) in [7, 11) is 0. The van der Waals surface area contributed by atoms with Crippen molar-refractivity contribution in [2.45, 2.75) is 58.9 Å². The summed E-state index contributed by atoms with van der Waals surface area (Å²) in [6.45, 7) is 5.90. The highest BCUT2D eigenvalue weighted by Crippen LogP contribution is 2.22. The Morgan fingerprint density at radius 3 is 2.32 bits per heavy atom. The second-order valence-electron chi connectivity index (χ2n) is 7.98. The largest absolute Gasteiger partial charge is 0.454 e. The number of benzene rings is 1. The predicted octanol–water partition coefficient (Wildman–Crippen LogP) is 2.99. The summed E-state index contributed by atoms with van der Waals surface area (Å²) in [5, 5.41) is 5.56. The number of amides is 2. The predicted molar refractivity (Wildman–Crippen MR) is 108 cm³/mol. The van der Waals surface area contributed by atoms with Crippen LogP contribution >= 0.6 is 0 Å². The molecule has 0 bridgehead atoms. The molecular weight excluding hydrogens is 356 g/mol. The molecule has 2 N–H and O–H groups in total. The molecule has 1 atom stereocenters. The van der Waals surface area contributed by atoms with Gasteiger partial charge < -0.3 is 15.4 Å². The maximum Gasteiger partial charge on any atom is 0.329 e. The minimum absolute atomic E-state index is 0.160. The van der Waals surface area contributed by atoms with Gasteiger partial charge in [-0.3, -0.25) is 9.59 Å². The zero-order valence-electron chi connectivity index (χ0n) is 17.1. The first-order valence-corrected chi connectivity index (χ1v) is 10.2. The maximum absolute atomic E-state index is 12.4. The van der Waals surface area contributed by atoms with Gasteiger partial charge in [-0.1, -0.05) is 50.8 Å². The fraction of sp³-hybridized carbons (Fsp3) is 0.591. The highest BCUT2D eigenvalue weighted by atomic mass is 16.5. The molecule has 0 spiro atoms. The summed E-state index contributed by atoms with van der Waals surface area (Å²) in [6.07, 6.45) is 5.98. The summed E-state index contributed by atoms with van der Waals surface area (Å²) in [5.41, 5.74) is 1.53. The molecular formula is C22H32N2O4. The molecule has 1 aliphatic carbocycles. The maximum atomic E-state index is 12.4. The first kappa shape index (κ1) is 21.9. The van der Waals surface area contributed by atoms with Crippen LogP contribution in [-0.4, -0.2) is 37.0 Å². The normalized spacial score (nSPS) is 15.7. The van der Waals surface area contributed by atoms with Gasteiger partial charge in [0.2, 0.25) is 0 Å². The molecule has 2 amide bonds. The van der Waals surface area contributed by atoms with Gasteiger partial charge >= 0.3 is 5.97 Å². The third kappa shape index (κ3) is 6.98. The zero-order valence-corrected chi connectivity index (χ0v) is 17.1. The van der Waals surface area contributed by atoms with Crippen molar-refractivity contribution in [1.29, 1.82) is 0 Å². The van der Waals surface area contributed by atoms with Crippen LogP contribution in [0.1, 0.15) is 61.9 Å². The Labute approximate surface area is 167 Å². The third-order valence-electron chi connectivity index (χ3n) is 5.18. The zero-order chi connectivity index (χ0) is 20.5. The minimum atomic E-state index is -0.806. The van der Waals surface area contributed by atoms with E-state index in [-0.39, 0.29) is 24.3 Å². The van der Waals surface area contributed by atoms with E-state index >= 15 is 0 Å². The second-order valence-corrected chi connectivity index (χ2v) is 7.98. The van der Waals surface area contributed by atoms with E-state index in [0.29, 0.717) is 18.0 Å². The van der Waals surface area contributed by atoms with Crippen molar-refractivity contribution in [3.63, 3.8) is 0 Å². The van der Waals surface area contributed by atoms with Gasteiger partial charge in [-0.15, -0.1) is 0 Å². The first-order valence-electron chi connectivity index (χ1n) is 10.2. The highest BCUT2D eigenvalue weighted by Gasteiger charge is 2.27. The fourth-order valence-corrected chi connectivity index (χ4v) is 3.35. The number of esters is 1. The average molecular weight is 389 g/mol. The topological polar surface area (TPSA) is 84.5 Å². The summed E-state index contributed by atoms with van der Waals surface area (Å²) >= 11 is 0. The molecule has 0 heterocycles. The van der Waals surface area contributed by atoms with Gasteiger partial charge in [-0.25, -0.2) is 4.79 Å². The Morgan fingerprint density at radius 2 is 1.71 bits per heavy atom. The molecule has 1 saturated carbocycles. The quantitative estimate of drug-likeness (QED) is 0.671. The van der Waals surface area contributed by atoms with Crippen LogP contribution in [0.4, 0.5) is 0 Å². The monoisotopic (exact) mass is 388 g/mol. The molecule has 6 nitrogen and oxygen atoms in total. The molecule has 154 valence electrons. The molecule has 0 radical (unpaired) electrons. The van der Waals surface area contributed by atoms with Crippen molar-refractivity contribution in [3.05, 3.63) is 35.4 Å². The molecule has 1 aliphatic rings. The van der Waals surface area contributed by atoms with Crippen LogP contribution in [0.15, 0.2) is 24.3 Å². The number of carbonyl (C=O) groups is 3. The Morgan fingerprint density at radius 1 is 1.07 bits per heavy atom. The average Bonchev–Trinajstić information content (AvgIpc) is 2.69. The molecule has 6 heteroatoms. The number of rotatable bonds is 8. The highest BCUT2D eigenvalue weighted by molar-refractivity contribution is 5.97. The van der Waals surface area contributed by atoms with Crippen LogP contribution in [0.2, 0.25) is 0 Å². The van der Waals surface area contributed by atoms with Crippen molar-refractivity contribution in [2.24, 2.45) is 11.8 Å². The van der Waals surface area contributed by atoms with Crippen LogP contribution in [-0.2, 0) is 14.3 Å². The van der Waals surface area contributed by atoms with Crippen molar-refractivity contribution in [1.82, 2.24) is 10.6 Å². The van der Waals surface area contributed by atoms with Crippen LogP contribution in [0.5, 0.6) is 0 Å². The standard InChI is InChI=1S/C22H32N2O4/c1-15(2)20(24-21(26)18-11-9-16(3)10-12-18)22(27)28-14-19(25)23-13-17-7-5-4-6-8-17/h9-12,15,17,20H,4-8,13-14H2,1-3H3,(H,23,25)(H,24,26)/t20-/m0/s1. The number of nitrogens with one attached hydrogen (secondary N) is 2. The first-order chi connectivity index (χ1) is 13.4. The molecule has 0 saturated heterocycles. The number of aryl methyl sites for hydroxylation is 1. The summed E-state index contributed by atoms with van der Waals surface area (Å²) in [5.74, 6) is -0.871. The molecule has 0 aromatic heterocycles. The minimum Gasteiger partial charge on any atom is -0.454 e. The van der Waals surface area contributed by atoms with Gasteiger partial charge in [-0.2, -0.15) is 0 Å². The Kier molecular flexibility index (Phi) is 8.48.